The molecule has 0 N–H and O–H groups in total. The van der Waals surface area contributed by atoms with Gasteiger partial charge in [0.1, 0.15) is 0 Å². The molecule has 7 rings (SSSR count). The van der Waals surface area contributed by atoms with Crippen molar-refractivity contribution >= 4 is 34.4 Å². The van der Waals surface area contributed by atoms with Crippen LogP contribution in [0.2, 0.25) is 0 Å². The Hall–Kier alpha value is -4.12. The summed E-state index contributed by atoms with van der Waals surface area (Å²) in [4.78, 5) is 0. The van der Waals surface area contributed by atoms with Crippen LogP contribution in [0.4, 0.5) is 0 Å². The van der Waals surface area contributed by atoms with Crippen molar-refractivity contribution in [1.82, 2.24) is 4.57 Å². The van der Waals surface area contributed by atoms with E-state index in [1.807, 2.05) is 36.4 Å². The van der Waals surface area contributed by atoms with Crippen LogP contribution in [0.15, 0.2) is 133 Å². The van der Waals surface area contributed by atoms with Crippen molar-refractivity contribution in [2.24, 2.45) is 0 Å². The van der Waals surface area contributed by atoms with E-state index in [2.05, 4.69) is 129 Å². The fraction of sp³-hybridized carbons (Fsp3) is 0.167. The minimum atomic E-state index is -0.342. The van der Waals surface area contributed by atoms with Gasteiger partial charge in [-0.3, -0.25) is 0 Å². The molecule has 0 unspecified atom stereocenters. The maximum absolute atomic E-state index is 6.22. The average molecular weight is 523 g/mol. The Morgan fingerprint density at radius 3 is 1.62 bits per heavy atom. The molecule has 40 heavy (non-hydrogen) atoms. The molecule has 2 heterocycles. The van der Waals surface area contributed by atoms with Gasteiger partial charge in [-0.05, 0) is 74.6 Å². The predicted octanol–water partition coefficient (Wildman–Crippen LogP) is 8.44. The van der Waals surface area contributed by atoms with Gasteiger partial charge in [-0.1, -0.05) is 103 Å². The zero-order chi connectivity index (χ0) is 27.7. The second-order valence-electron chi connectivity index (χ2n) is 11.3. The van der Waals surface area contributed by atoms with E-state index in [0.29, 0.717) is 0 Å². The normalized spacial score (nSPS) is 15.7. The summed E-state index contributed by atoms with van der Waals surface area (Å²) in [5.41, 5.74) is 6.35. The van der Waals surface area contributed by atoms with Crippen LogP contribution in [0.1, 0.15) is 27.7 Å². The van der Waals surface area contributed by atoms with Crippen molar-refractivity contribution in [2.75, 3.05) is 0 Å². The summed E-state index contributed by atoms with van der Waals surface area (Å²) in [7, 11) is -0.342. The van der Waals surface area contributed by atoms with Crippen molar-refractivity contribution in [2.45, 2.75) is 38.9 Å². The molecule has 0 aliphatic carbocycles. The van der Waals surface area contributed by atoms with Gasteiger partial charge >= 0.3 is 7.12 Å². The molecule has 0 saturated carbocycles. The van der Waals surface area contributed by atoms with E-state index in [1.54, 1.807) is 0 Å². The van der Waals surface area contributed by atoms with Crippen LogP contribution in [0.25, 0.3) is 38.6 Å². The van der Waals surface area contributed by atoms with E-state index in [4.69, 9.17) is 9.31 Å². The van der Waals surface area contributed by atoms with Crippen LogP contribution in [0.5, 0.6) is 0 Å². The number of hydrogen-bond donors (Lipinski definition) is 0. The van der Waals surface area contributed by atoms with Crippen LogP contribution >= 0.6 is 0 Å². The molecule has 1 aliphatic heterocycles. The topological polar surface area (TPSA) is 23.4 Å². The lowest BCUT2D eigenvalue weighted by atomic mass is 9.78. The van der Waals surface area contributed by atoms with Crippen molar-refractivity contribution in [1.29, 1.82) is 0 Å². The molecular formula is C36H34BNO2. The first-order valence-corrected chi connectivity index (χ1v) is 13.9. The minimum absolute atomic E-state index is 0.339. The first-order chi connectivity index (χ1) is 19.3. The second-order valence-corrected chi connectivity index (χ2v) is 11.3. The van der Waals surface area contributed by atoms with E-state index in [0.717, 1.165) is 5.46 Å². The Kier molecular flexibility index (Phi) is 6.83. The van der Waals surface area contributed by atoms with Gasteiger partial charge in [-0.15, -0.1) is 0 Å². The third-order valence-corrected chi connectivity index (χ3v) is 8.12. The monoisotopic (exact) mass is 523 g/mol. The summed E-state index contributed by atoms with van der Waals surface area (Å²) in [6.45, 7) is 8.34. The van der Waals surface area contributed by atoms with E-state index >= 15 is 0 Å². The maximum Gasteiger partial charge on any atom is 0.494 e. The van der Waals surface area contributed by atoms with Gasteiger partial charge in [0, 0.05) is 16.5 Å². The first kappa shape index (κ1) is 26.1. The van der Waals surface area contributed by atoms with Crippen LogP contribution in [0, 0.1) is 0 Å². The number of hydrogen-bond acceptors (Lipinski definition) is 2. The number of aromatic nitrogens is 1. The standard InChI is InChI=1S/C30H28BNO2.C6H6/c1-29(2)30(3,4)34-31(33-29)23-17-14-21(15-18-23)22-16-19-28-26(20-22)25-12-8-9-13-27(25)32(28)24-10-6-5-7-11-24;1-2-4-6-5-3-1/h5-20H,1-4H3;1-6H. The Morgan fingerprint density at radius 2 is 1.00 bits per heavy atom. The SMILES string of the molecule is CC1(C)OB(c2ccc(-c3ccc4c(c3)c3ccccc3n4-c3ccccc3)cc2)OC1(C)C.c1ccccc1. The Bertz CT molecular complexity index is 1700. The molecule has 1 aliphatic rings. The van der Waals surface area contributed by atoms with Gasteiger partial charge in [0.05, 0.1) is 22.2 Å². The lowest BCUT2D eigenvalue weighted by Gasteiger charge is -2.32. The summed E-state index contributed by atoms with van der Waals surface area (Å²) in [5.74, 6) is 0. The van der Waals surface area contributed by atoms with Gasteiger partial charge in [-0.2, -0.15) is 0 Å². The third kappa shape index (κ3) is 4.85. The Morgan fingerprint density at radius 1 is 0.500 bits per heavy atom. The van der Waals surface area contributed by atoms with Crippen molar-refractivity contribution in [3.8, 4) is 16.8 Å². The molecule has 0 atom stereocenters. The summed E-state index contributed by atoms with van der Waals surface area (Å²) in [5, 5.41) is 2.52. The summed E-state index contributed by atoms with van der Waals surface area (Å²) >= 11 is 0. The van der Waals surface area contributed by atoms with Crippen molar-refractivity contribution < 1.29 is 9.31 Å². The number of rotatable bonds is 3. The highest BCUT2D eigenvalue weighted by Gasteiger charge is 2.51. The van der Waals surface area contributed by atoms with Gasteiger partial charge in [0.25, 0.3) is 0 Å². The highest BCUT2D eigenvalue weighted by molar-refractivity contribution is 6.62. The Labute approximate surface area is 237 Å². The zero-order valence-corrected chi connectivity index (χ0v) is 23.5. The average Bonchev–Trinajstić information content (AvgIpc) is 3.43. The van der Waals surface area contributed by atoms with E-state index in [1.165, 1.54) is 38.6 Å². The number of nitrogens with zero attached hydrogens (tertiary/aromatic N) is 1. The fourth-order valence-electron chi connectivity index (χ4n) is 5.20. The van der Waals surface area contributed by atoms with Crippen LogP contribution < -0.4 is 5.46 Å². The third-order valence-electron chi connectivity index (χ3n) is 8.12. The molecule has 0 radical (unpaired) electrons. The lowest BCUT2D eigenvalue weighted by Crippen LogP contribution is -2.41. The number of para-hydroxylation sites is 2. The molecule has 0 spiro atoms. The Balaban J connectivity index is 0.000000429. The van der Waals surface area contributed by atoms with Crippen LogP contribution in [-0.2, 0) is 9.31 Å². The van der Waals surface area contributed by atoms with E-state index in [9.17, 15) is 0 Å². The largest absolute Gasteiger partial charge is 0.494 e. The molecule has 1 fully saturated rings. The highest BCUT2D eigenvalue weighted by atomic mass is 16.7. The van der Waals surface area contributed by atoms with Crippen LogP contribution in [-0.4, -0.2) is 22.9 Å². The molecule has 4 heteroatoms. The smallest absolute Gasteiger partial charge is 0.399 e. The highest BCUT2D eigenvalue weighted by Crippen LogP contribution is 2.37. The number of fused-ring (bicyclic) bond motifs is 3. The quantitative estimate of drug-likeness (QED) is 0.217. The molecule has 5 aromatic carbocycles. The zero-order valence-electron chi connectivity index (χ0n) is 23.5. The van der Waals surface area contributed by atoms with Gasteiger partial charge in [0.15, 0.2) is 0 Å². The van der Waals surface area contributed by atoms with E-state index in [-0.39, 0.29) is 18.3 Å². The first-order valence-electron chi connectivity index (χ1n) is 13.9. The van der Waals surface area contributed by atoms with Crippen LogP contribution in [0.3, 0.4) is 0 Å². The molecular weight excluding hydrogens is 489 g/mol. The summed E-state index contributed by atoms with van der Waals surface area (Å²) in [6, 6.07) is 46.5. The van der Waals surface area contributed by atoms with Crippen molar-refractivity contribution in [3.63, 3.8) is 0 Å². The second kappa shape index (κ2) is 10.5. The van der Waals surface area contributed by atoms with E-state index < -0.39 is 0 Å². The summed E-state index contributed by atoms with van der Waals surface area (Å²) < 4.78 is 14.8. The summed E-state index contributed by atoms with van der Waals surface area (Å²) in [6.07, 6.45) is 0. The molecule has 6 aromatic rings. The molecule has 1 saturated heterocycles. The molecule has 0 amide bonds. The van der Waals surface area contributed by atoms with Crippen molar-refractivity contribution in [3.05, 3.63) is 133 Å². The lowest BCUT2D eigenvalue weighted by molar-refractivity contribution is 0.00578. The van der Waals surface area contributed by atoms with Gasteiger partial charge < -0.3 is 13.9 Å². The van der Waals surface area contributed by atoms with Gasteiger partial charge in [-0.25, -0.2) is 0 Å². The molecule has 1 aromatic heterocycles. The fourth-order valence-corrected chi connectivity index (χ4v) is 5.20. The maximum atomic E-state index is 6.22. The predicted molar refractivity (Wildman–Crippen MR) is 168 cm³/mol. The number of benzene rings is 5. The molecule has 3 nitrogen and oxygen atoms in total. The molecule has 0 bridgehead atoms. The minimum Gasteiger partial charge on any atom is -0.399 e. The molecule has 198 valence electrons. The van der Waals surface area contributed by atoms with Gasteiger partial charge in [0.2, 0.25) is 0 Å².